The molecule has 0 aliphatic rings. The Morgan fingerprint density at radius 1 is 0.390 bits per heavy atom. The summed E-state index contributed by atoms with van der Waals surface area (Å²) < 4.78 is 114. The van der Waals surface area contributed by atoms with Crippen molar-refractivity contribution < 1.29 is 39.5 Å². The Labute approximate surface area is 490 Å². The van der Waals surface area contributed by atoms with E-state index in [9.17, 15) is 39.5 Å². The van der Waals surface area contributed by atoms with Crippen LogP contribution in [0.15, 0.2) is 121 Å². The van der Waals surface area contributed by atoms with Gasteiger partial charge in [0.1, 0.15) is 29.0 Å². The Hall–Kier alpha value is -6.38. The van der Waals surface area contributed by atoms with Crippen LogP contribution < -0.4 is 0 Å². The first kappa shape index (κ1) is 73.6. The average Bonchev–Trinajstić information content (AvgIpc) is 3.47. The van der Waals surface area contributed by atoms with Gasteiger partial charge in [-0.15, -0.1) is 0 Å². The van der Waals surface area contributed by atoms with Gasteiger partial charge in [-0.25, -0.2) is 39.5 Å². The van der Waals surface area contributed by atoms with Gasteiger partial charge in [0.05, 0.1) is 17.2 Å². The van der Waals surface area contributed by atoms with Gasteiger partial charge in [0.25, 0.3) is 12.9 Å². The molecule has 7 aromatic rings. The smallest absolute Gasteiger partial charge is 0.252 e. The minimum absolute atomic E-state index is 0.0967. The van der Waals surface area contributed by atoms with Gasteiger partial charge in [0.2, 0.25) is 0 Å². The molecule has 1 heterocycles. The molecule has 12 heteroatoms. The zero-order valence-electron chi connectivity index (χ0n) is 51.4. The van der Waals surface area contributed by atoms with Crippen LogP contribution in [0.3, 0.4) is 0 Å². The Morgan fingerprint density at radius 2 is 0.793 bits per heavy atom. The van der Waals surface area contributed by atoms with Gasteiger partial charge >= 0.3 is 0 Å². The number of hydrogen-bond donors (Lipinski definition) is 0. The molecule has 0 spiro atoms. The number of hydrogen-bond acceptors (Lipinski definition) is 2. The molecule has 0 atom stereocenters. The SMILES string of the molecule is CC(C)c1ccc(F)c(C(F)F)c1.CC(C)c1ccnc(C(F)F)c1F.Cc1c(F)cc(C(C)C)cc1F.Cc1ccc(C(C)C)cc1.Cc1ccc(C(C)C)cc1C#N.Cc1ccc(C(C)C)cc1Cl.Cc1ccc(C(C)C)cc1F. The fraction of sp³-hybridized carbons (Fsp3) is 0.400. The number of halogens is 10. The number of aromatic nitrogens is 1. The third kappa shape index (κ3) is 25.4. The van der Waals surface area contributed by atoms with E-state index in [0.29, 0.717) is 29.2 Å². The monoisotopic (exact) mass is 1160 g/mol. The predicted octanol–water partition coefficient (Wildman–Crippen LogP) is 23.7. The summed E-state index contributed by atoms with van der Waals surface area (Å²) in [5.74, 6) is -0.426. The van der Waals surface area contributed by atoms with Crippen LogP contribution in [0.2, 0.25) is 5.02 Å². The summed E-state index contributed by atoms with van der Waals surface area (Å²) in [4.78, 5) is 3.30. The molecule has 0 aliphatic heterocycles. The van der Waals surface area contributed by atoms with Crippen LogP contribution in [-0.2, 0) is 0 Å². The van der Waals surface area contributed by atoms with E-state index in [0.717, 1.165) is 44.5 Å². The van der Waals surface area contributed by atoms with E-state index in [4.69, 9.17) is 16.9 Å². The second-order valence-electron chi connectivity index (χ2n) is 22.3. The Kier molecular flexibility index (Phi) is 32.6. The van der Waals surface area contributed by atoms with Crippen LogP contribution >= 0.6 is 11.6 Å². The Balaban J connectivity index is 0.000000479. The summed E-state index contributed by atoms with van der Waals surface area (Å²) >= 11 is 5.96. The molecule has 7 rings (SSSR count). The van der Waals surface area contributed by atoms with Crippen LogP contribution in [0, 0.1) is 75.0 Å². The van der Waals surface area contributed by atoms with Crippen LogP contribution in [0.5, 0.6) is 0 Å². The first-order valence-corrected chi connectivity index (χ1v) is 28.1. The maximum absolute atomic E-state index is 13.2. The lowest BCUT2D eigenvalue weighted by atomic mass is 9.98. The maximum atomic E-state index is 13.2. The molecular formula is C70H86ClF9N2. The summed E-state index contributed by atoms with van der Waals surface area (Å²) in [5, 5.41) is 9.65. The van der Waals surface area contributed by atoms with Crippen molar-refractivity contribution >= 4 is 11.6 Å². The number of alkyl halides is 4. The molecule has 0 fully saturated rings. The summed E-state index contributed by atoms with van der Waals surface area (Å²) in [6, 6.07) is 36.7. The fourth-order valence-corrected chi connectivity index (χ4v) is 7.36. The molecule has 1 aromatic heterocycles. The highest BCUT2D eigenvalue weighted by atomic mass is 35.5. The van der Waals surface area contributed by atoms with Crippen molar-refractivity contribution in [2.24, 2.45) is 0 Å². The van der Waals surface area contributed by atoms with Crippen molar-refractivity contribution in [1.29, 1.82) is 5.26 Å². The molecule has 0 saturated carbocycles. The molecule has 446 valence electrons. The van der Waals surface area contributed by atoms with Crippen molar-refractivity contribution in [3.63, 3.8) is 0 Å². The predicted molar refractivity (Wildman–Crippen MR) is 325 cm³/mol. The zero-order valence-corrected chi connectivity index (χ0v) is 52.2. The van der Waals surface area contributed by atoms with E-state index < -0.39 is 47.4 Å². The number of benzene rings is 6. The highest BCUT2D eigenvalue weighted by Gasteiger charge is 2.19. The van der Waals surface area contributed by atoms with E-state index in [1.54, 1.807) is 26.8 Å². The summed E-state index contributed by atoms with van der Waals surface area (Å²) in [6.07, 6.45) is -4.38. The van der Waals surface area contributed by atoms with E-state index >= 15 is 0 Å². The number of aryl methyl sites for hydroxylation is 4. The van der Waals surface area contributed by atoms with Crippen molar-refractivity contribution in [3.8, 4) is 6.07 Å². The molecular weight excluding hydrogens is 1080 g/mol. The highest BCUT2D eigenvalue weighted by Crippen LogP contribution is 2.28. The number of pyridine rings is 1. The molecule has 6 aromatic carbocycles. The van der Waals surface area contributed by atoms with E-state index in [2.05, 4.69) is 116 Å². The first-order valence-electron chi connectivity index (χ1n) is 27.7. The third-order valence-electron chi connectivity index (χ3n) is 13.2. The molecule has 0 bridgehead atoms. The van der Waals surface area contributed by atoms with E-state index in [1.807, 2.05) is 71.9 Å². The molecule has 82 heavy (non-hydrogen) atoms. The number of nitrogens with zero attached hydrogens (tertiary/aromatic N) is 2. The molecule has 0 aliphatic carbocycles. The van der Waals surface area contributed by atoms with Crippen LogP contribution in [0.25, 0.3) is 0 Å². The summed E-state index contributed by atoms with van der Waals surface area (Å²) in [7, 11) is 0. The van der Waals surface area contributed by atoms with E-state index in [-0.39, 0.29) is 34.7 Å². The largest absolute Gasteiger partial charge is 0.283 e. The zero-order chi connectivity index (χ0) is 62.9. The normalized spacial score (nSPS) is 10.7. The second kappa shape index (κ2) is 36.3. The molecule has 0 radical (unpaired) electrons. The molecule has 2 nitrogen and oxygen atoms in total. The average molecular weight is 1160 g/mol. The van der Waals surface area contributed by atoms with Gasteiger partial charge in [-0.1, -0.05) is 181 Å². The third-order valence-corrected chi connectivity index (χ3v) is 13.6. The molecule has 0 N–H and O–H groups in total. The van der Waals surface area contributed by atoms with Crippen molar-refractivity contribution in [2.45, 2.75) is 186 Å². The molecule has 0 amide bonds. The van der Waals surface area contributed by atoms with Crippen molar-refractivity contribution in [3.05, 3.63) is 239 Å². The summed E-state index contributed by atoms with van der Waals surface area (Å²) in [5.41, 5.74) is 10.6. The summed E-state index contributed by atoms with van der Waals surface area (Å²) in [6.45, 7) is 37.5. The molecule has 0 unspecified atom stereocenters. The van der Waals surface area contributed by atoms with Crippen LogP contribution in [0.4, 0.5) is 39.5 Å². The van der Waals surface area contributed by atoms with Gasteiger partial charge < -0.3 is 0 Å². The standard InChI is InChI=1S/C11H13N.C10H13Cl.C10H11F3.C10H12F2.C10H13F.C10H14.C9H10F3N/c1-8(2)10-5-4-9(3)11(6-10)7-12;1-7(2)9-5-4-8(3)10(11)6-9;1-6(2)7-3-4-9(11)8(5-7)10(12)13;1-6(2)8-4-9(11)7(3)10(12)5-8;1-7(2)9-5-4-8(3)10(11)6-9;1-8(2)10-6-4-9(3)5-7-10;1-5(2)6-3-4-13-8(7(6)10)9(11)12/h4-6,8H,1-3H3;4-7H,1-3H3;3-6,10H,1-2H3;4-6H,1-3H3;4-7H,1-3H3;4-8H,1-3H3;3-5,9H,1-2H3. The van der Waals surface area contributed by atoms with Gasteiger partial charge in [-0.05, 0) is 180 Å². The fourth-order valence-electron chi connectivity index (χ4n) is 7.17. The minimum Gasteiger partial charge on any atom is -0.252 e. The maximum Gasteiger partial charge on any atom is 0.283 e. The number of rotatable bonds is 9. The highest BCUT2D eigenvalue weighted by molar-refractivity contribution is 6.31. The van der Waals surface area contributed by atoms with Crippen molar-refractivity contribution in [1.82, 2.24) is 4.98 Å². The lowest BCUT2D eigenvalue weighted by molar-refractivity contribution is 0.140. The van der Waals surface area contributed by atoms with E-state index in [1.165, 1.54) is 65.7 Å². The minimum atomic E-state index is -2.85. The topological polar surface area (TPSA) is 36.7 Å². The number of nitriles is 1. The quantitative estimate of drug-likeness (QED) is 0.135. The van der Waals surface area contributed by atoms with Gasteiger partial charge in [0, 0.05) is 16.8 Å². The van der Waals surface area contributed by atoms with Gasteiger partial charge in [-0.2, -0.15) is 5.26 Å². The van der Waals surface area contributed by atoms with Gasteiger partial charge in [-0.3, -0.25) is 4.98 Å². The Morgan fingerprint density at radius 3 is 1.21 bits per heavy atom. The lowest BCUT2D eigenvalue weighted by Gasteiger charge is -2.08. The van der Waals surface area contributed by atoms with Crippen LogP contribution in [-0.4, -0.2) is 4.98 Å². The lowest BCUT2D eigenvalue weighted by Crippen LogP contribution is -2.01. The Bertz CT molecular complexity index is 2950. The first-order chi connectivity index (χ1) is 38.1. The van der Waals surface area contributed by atoms with Crippen molar-refractivity contribution in [2.75, 3.05) is 0 Å². The van der Waals surface area contributed by atoms with Gasteiger partial charge in [0.15, 0.2) is 5.82 Å². The molecule has 0 saturated heterocycles. The van der Waals surface area contributed by atoms with Crippen LogP contribution in [0.1, 0.15) is 235 Å². The second-order valence-corrected chi connectivity index (χ2v) is 22.7.